The maximum absolute atomic E-state index is 3.56. The normalized spacial score (nSPS) is 20.7. The van der Waals surface area contributed by atoms with Gasteiger partial charge in [-0.3, -0.25) is 4.90 Å². The highest BCUT2D eigenvalue weighted by atomic mass is 15.2. The number of piperidine rings is 1. The molecule has 1 N–H and O–H groups in total. The molecular formula is C19H32N2. The van der Waals surface area contributed by atoms with Gasteiger partial charge in [0.05, 0.1) is 0 Å². The van der Waals surface area contributed by atoms with Gasteiger partial charge in [-0.15, -0.1) is 0 Å². The molecular weight excluding hydrogens is 256 g/mol. The van der Waals surface area contributed by atoms with E-state index < -0.39 is 0 Å². The Kier molecular flexibility index (Phi) is 6.72. The van der Waals surface area contributed by atoms with Gasteiger partial charge in [0.2, 0.25) is 0 Å². The van der Waals surface area contributed by atoms with Crippen LogP contribution in [0.25, 0.3) is 0 Å². The van der Waals surface area contributed by atoms with E-state index in [0.29, 0.717) is 6.04 Å². The quantitative estimate of drug-likeness (QED) is 0.810. The summed E-state index contributed by atoms with van der Waals surface area (Å²) < 4.78 is 0. The molecule has 2 rings (SSSR count). The van der Waals surface area contributed by atoms with Crippen molar-refractivity contribution >= 4 is 0 Å². The molecule has 118 valence electrons. The highest BCUT2D eigenvalue weighted by Gasteiger charge is 2.22. The van der Waals surface area contributed by atoms with Crippen LogP contribution in [0.15, 0.2) is 24.3 Å². The van der Waals surface area contributed by atoms with E-state index in [0.717, 1.165) is 5.92 Å². The molecule has 2 nitrogen and oxygen atoms in total. The molecule has 2 heteroatoms. The van der Waals surface area contributed by atoms with Crippen LogP contribution in [0.3, 0.4) is 0 Å². The van der Waals surface area contributed by atoms with Gasteiger partial charge in [-0.1, -0.05) is 43.7 Å². The van der Waals surface area contributed by atoms with Crippen LogP contribution in [0.5, 0.6) is 0 Å². The molecule has 2 unspecified atom stereocenters. The lowest BCUT2D eigenvalue weighted by molar-refractivity contribution is 0.149. The molecule has 0 amide bonds. The van der Waals surface area contributed by atoms with Crippen molar-refractivity contribution in [3.05, 3.63) is 35.4 Å². The van der Waals surface area contributed by atoms with Gasteiger partial charge in [-0.05, 0) is 63.7 Å². The van der Waals surface area contributed by atoms with Crippen molar-refractivity contribution in [1.29, 1.82) is 0 Å². The van der Waals surface area contributed by atoms with Crippen molar-refractivity contribution in [2.24, 2.45) is 5.92 Å². The number of hydrogen-bond donors (Lipinski definition) is 1. The molecule has 1 saturated heterocycles. The van der Waals surface area contributed by atoms with Gasteiger partial charge >= 0.3 is 0 Å². The van der Waals surface area contributed by atoms with Gasteiger partial charge in [0.1, 0.15) is 0 Å². The fourth-order valence-electron chi connectivity index (χ4n) is 3.57. The first-order chi connectivity index (χ1) is 10.2. The Morgan fingerprint density at radius 3 is 2.57 bits per heavy atom. The van der Waals surface area contributed by atoms with E-state index in [-0.39, 0.29) is 0 Å². The largest absolute Gasteiger partial charge is 0.316 e. The van der Waals surface area contributed by atoms with E-state index in [4.69, 9.17) is 0 Å². The summed E-state index contributed by atoms with van der Waals surface area (Å²) in [6.07, 6.45) is 5.16. The average Bonchev–Trinajstić information content (AvgIpc) is 2.51. The van der Waals surface area contributed by atoms with Crippen LogP contribution < -0.4 is 5.32 Å². The zero-order valence-corrected chi connectivity index (χ0v) is 14.1. The molecule has 1 aliphatic heterocycles. The van der Waals surface area contributed by atoms with Crippen LogP contribution in [0.2, 0.25) is 0 Å². The van der Waals surface area contributed by atoms with Crippen LogP contribution in [0, 0.1) is 12.8 Å². The van der Waals surface area contributed by atoms with Crippen LogP contribution in [0.1, 0.15) is 56.7 Å². The Morgan fingerprint density at radius 1 is 1.24 bits per heavy atom. The monoisotopic (exact) mass is 288 g/mol. The fraction of sp³-hybridized carbons (Fsp3) is 0.684. The first-order valence-corrected chi connectivity index (χ1v) is 8.76. The third-order valence-electron chi connectivity index (χ3n) is 4.69. The fourth-order valence-corrected chi connectivity index (χ4v) is 3.57. The topological polar surface area (TPSA) is 15.3 Å². The Balaban J connectivity index is 2.07. The summed E-state index contributed by atoms with van der Waals surface area (Å²) in [5.74, 6) is 0.824. The van der Waals surface area contributed by atoms with E-state index in [2.05, 4.69) is 55.3 Å². The number of nitrogens with one attached hydrogen (secondary N) is 1. The molecule has 1 fully saturated rings. The molecule has 1 heterocycles. The van der Waals surface area contributed by atoms with Crippen LogP contribution in [0.4, 0.5) is 0 Å². The summed E-state index contributed by atoms with van der Waals surface area (Å²) in [5, 5.41) is 3.56. The highest BCUT2D eigenvalue weighted by Crippen LogP contribution is 2.27. The zero-order chi connectivity index (χ0) is 15.1. The van der Waals surface area contributed by atoms with Gasteiger partial charge in [0.25, 0.3) is 0 Å². The number of aryl methyl sites for hydroxylation is 1. The smallest absolute Gasteiger partial charge is 0.0345 e. The lowest BCUT2D eigenvalue weighted by Gasteiger charge is -2.35. The zero-order valence-electron chi connectivity index (χ0n) is 14.1. The van der Waals surface area contributed by atoms with Crippen LogP contribution >= 0.6 is 0 Å². The number of benzene rings is 1. The van der Waals surface area contributed by atoms with Crippen molar-refractivity contribution < 1.29 is 0 Å². The molecule has 0 bridgehead atoms. The number of rotatable bonds is 7. The first-order valence-electron chi connectivity index (χ1n) is 8.76. The number of nitrogens with zero attached hydrogens (tertiary/aromatic N) is 1. The van der Waals surface area contributed by atoms with Gasteiger partial charge in [-0.2, -0.15) is 0 Å². The molecule has 0 aromatic heterocycles. The van der Waals surface area contributed by atoms with E-state index in [1.807, 2.05) is 0 Å². The summed E-state index contributed by atoms with van der Waals surface area (Å²) >= 11 is 0. The second-order valence-corrected chi connectivity index (χ2v) is 6.54. The van der Waals surface area contributed by atoms with Crippen molar-refractivity contribution in [2.75, 3.05) is 26.2 Å². The summed E-state index contributed by atoms with van der Waals surface area (Å²) in [5.41, 5.74) is 2.84. The van der Waals surface area contributed by atoms with E-state index in [9.17, 15) is 0 Å². The van der Waals surface area contributed by atoms with E-state index in [1.165, 1.54) is 63.0 Å². The average molecular weight is 288 g/mol. The van der Waals surface area contributed by atoms with Crippen molar-refractivity contribution in [3.8, 4) is 0 Å². The molecule has 1 aliphatic rings. The summed E-state index contributed by atoms with van der Waals surface area (Å²) in [7, 11) is 0. The van der Waals surface area contributed by atoms with Gasteiger partial charge in [-0.25, -0.2) is 0 Å². The highest BCUT2D eigenvalue weighted by molar-refractivity contribution is 5.24. The minimum absolute atomic E-state index is 0.576. The van der Waals surface area contributed by atoms with E-state index >= 15 is 0 Å². The minimum Gasteiger partial charge on any atom is -0.316 e. The summed E-state index contributed by atoms with van der Waals surface area (Å²) in [6.45, 7) is 11.7. The Labute approximate surface area is 130 Å². The second-order valence-electron chi connectivity index (χ2n) is 6.54. The van der Waals surface area contributed by atoms with Crippen LogP contribution in [-0.2, 0) is 0 Å². The predicted molar refractivity (Wildman–Crippen MR) is 91.7 cm³/mol. The SMILES string of the molecule is CCCN(CC1CCCNC1)C(CC)c1ccc(C)cc1. The van der Waals surface area contributed by atoms with Crippen molar-refractivity contribution in [1.82, 2.24) is 10.2 Å². The van der Waals surface area contributed by atoms with Gasteiger partial charge in [0.15, 0.2) is 0 Å². The molecule has 0 spiro atoms. The van der Waals surface area contributed by atoms with Crippen molar-refractivity contribution in [2.45, 2.75) is 52.5 Å². The Hall–Kier alpha value is -0.860. The number of hydrogen-bond acceptors (Lipinski definition) is 2. The molecule has 2 atom stereocenters. The molecule has 1 aromatic carbocycles. The second kappa shape index (κ2) is 8.55. The molecule has 21 heavy (non-hydrogen) atoms. The molecule has 0 radical (unpaired) electrons. The molecule has 1 aromatic rings. The maximum atomic E-state index is 3.56. The Morgan fingerprint density at radius 2 is 2.00 bits per heavy atom. The summed E-state index contributed by atoms with van der Waals surface area (Å²) in [6, 6.07) is 9.73. The van der Waals surface area contributed by atoms with E-state index in [1.54, 1.807) is 0 Å². The third-order valence-corrected chi connectivity index (χ3v) is 4.69. The predicted octanol–water partition coefficient (Wildman–Crippen LogP) is 4.16. The standard InChI is InChI=1S/C19H32N2/c1-4-13-21(15-17-7-6-12-20-14-17)19(5-2)18-10-8-16(3)9-11-18/h8-11,17,19-20H,4-7,12-15H2,1-3H3. The van der Waals surface area contributed by atoms with Gasteiger partial charge in [0, 0.05) is 12.6 Å². The summed E-state index contributed by atoms with van der Waals surface area (Å²) in [4.78, 5) is 2.72. The van der Waals surface area contributed by atoms with Crippen molar-refractivity contribution in [3.63, 3.8) is 0 Å². The maximum Gasteiger partial charge on any atom is 0.0345 e. The van der Waals surface area contributed by atoms with Crippen LogP contribution in [-0.4, -0.2) is 31.1 Å². The Bertz CT molecular complexity index is 393. The molecule has 0 saturated carbocycles. The first kappa shape index (κ1) is 16.5. The minimum atomic E-state index is 0.576. The third kappa shape index (κ3) is 4.82. The van der Waals surface area contributed by atoms with Gasteiger partial charge < -0.3 is 5.32 Å². The molecule has 0 aliphatic carbocycles. The lowest BCUT2D eigenvalue weighted by Crippen LogP contribution is -2.40. The lowest BCUT2D eigenvalue weighted by atomic mass is 9.95.